The van der Waals surface area contributed by atoms with E-state index in [0.29, 0.717) is 17.1 Å². The topological polar surface area (TPSA) is 113 Å². The summed E-state index contributed by atoms with van der Waals surface area (Å²) in [6, 6.07) is 8.91. The van der Waals surface area contributed by atoms with Crippen LogP contribution in [0.3, 0.4) is 0 Å². The highest BCUT2D eigenvalue weighted by molar-refractivity contribution is 7.99. The van der Waals surface area contributed by atoms with E-state index >= 15 is 0 Å². The molecule has 1 aromatic heterocycles. The van der Waals surface area contributed by atoms with Crippen molar-refractivity contribution in [1.82, 2.24) is 9.97 Å². The number of thioether (sulfide) groups is 1. The predicted octanol–water partition coefficient (Wildman–Crippen LogP) is 2.03. The van der Waals surface area contributed by atoms with E-state index in [1.54, 1.807) is 29.2 Å². The third kappa shape index (κ3) is 3.78. The van der Waals surface area contributed by atoms with Crippen LogP contribution in [0.2, 0.25) is 0 Å². The van der Waals surface area contributed by atoms with Crippen molar-refractivity contribution in [1.29, 1.82) is 5.26 Å². The van der Waals surface area contributed by atoms with Crippen LogP contribution in [0.4, 0.5) is 11.5 Å². The highest BCUT2D eigenvalue weighted by Gasteiger charge is 2.21. The number of rotatable bonds is 5. The Kier molecular flexibility index (Phi) is 4.95. The van der Waals surface area contributed by atoms with Crippen LogP contribution in [-0.4, -0.2) is 34.0 Å². The molecule has 0 radical (unpaired) electrons. The standard InChI is InChI=1S/C17H15N5O2S/c18-8-12-9-20-17(21-16(12)19)25-10-14(23)11-3-5-13(6-4-11)22-7-1-2-15(22)24/h3-6,9H,1-2,7,10H2,(H2,19,20,21). The molecule has 0 bridgehead atoms. The molecule has 0 spiro atoms. The molecule has 1 fully saturated rings. The Morgan fingerprint density at radius 3 is 2.72 bits per heavy atom. The number of nitrogens with zero attached hydrogens (tertiary/aromatic N) is 4. The van der Waals surface area contributed by atoms with Crippen LogP contribution in [-0.2, 0) is 4.79 Å². The van der Waals surface area contributed by atoms with E-state index in [1.807, 2.05) is 6.07 Å². The van der Waals surface area contributed by atoms with Gasteiger partial charge in [-0.05, 0) is 30.7 Å². The van der Waals surface area contributed by atoms with Gasteiger partial charge in [-0.1, -0.05) is 11.8 Å². The quantitative estimate of drug-likeness (QED) is 0.497. The fraction of sp³-hybridized carbons (Fsp3) is 0.235. The third-order valence-corrected chi connectivity index (χ3v) is 4.68. The van der Waals surface area contributed by atoms with E-state index in [-0.39, 0.29) is 28.8 Å². The number of nitrogen functional groups attached to an aromatic ring is 1. The Bertz CT molecular complexity index is 860. The number of anilines is 2. The summed E-state index contributed by atoms with van der Waals surface area (Å²) in [5, 5.41) is 9.15. The zero-order valence-electron chi connectivity index (χ0n) is 13.3. The zero-order valence-corrected chi connectivity index (χ0v) is 14.1. The lowest BCUT2D eigenvalue weighted by molar-refractivity contribution is -0.117. The Labute approximate surface area is 148 Å². The van der Waals surface area contributed by atoms with Gasteiger partial charge in [0.05, 0.1) is 11.9 Å². The molecule has 0 atom stereocenters. The smallest absolute Gasteiger partial charge is 0.227 e. The summed E-state index contributed by atoms with van der Waals surface area (Å²) in [5.74, 6) is 0.306. The summed E-state index contributed by atoms with van der Waals surface area (Å²) < 4.78 is 0. The first-order chi connectivity index (χ1) is 12.1. The molecular formula is C17H15N5O2S. The molecule has 0 aliphatic carbocycles. The summed E-state index contributed by atoms with van der Waals surface area (Å²) in [5.41, 5.74) is 7.22. The fourth-order valence-electron chi connectivity index (χ4n) is 2.50. The predicted molar refractivity (Wildman–Crippen MR) is 94.2 cm³/mol. The summed E-state index contributed by atoms with van der Waals surface area (Å²) in [4.78, 5) is 33.8. The van der Waals surface area contributed by atoms with Crippen molar-refractivity contribution in [2.45, 2.75) is 18.0 Å². The minimum absolute atomic E-state index is 0.0733. The van der Waals surface area contributed by atoms with Crippen molar-refractivity contribution in [3.05, 3.63) is 41.6 Å². The van der Waals surface area contributed by atoms with E-state index in [0.717, 1.165) is 30.4 Å². The van der Waals surface area contributed by atoms with Crippen molar-refractivity contribution in [2.75, 3.05) is 22.9 Å². The van der Waals surface area contributed by atoms with E-state index < -0.39 is 0 Å². The molecule has 1 aliphatic rings. The minimum Gasteiger partial charge on any atom is -0.382 e. The van der Waals surface area contributed by atoms with E-state index in [1.165, 1.54) is 6.20 Å². The molecule has 1 aromatic carbocycles. The SMILES string of the molecule is N#Cc1cnc(SCC(=O)c2ccc(N3CCCC3=O)cc2)nc1N. The number of nitriles is 1. The van der Waals surface area contributed by atoms with Crippen LogP contribution in [0, 0.1) is 11.3 Å². The fourth-order valence-corrected chi connectivity index (χ4v) is 3.21. The molecule has 1 amide bonds. The van der Waals surface area contributed by atoms with Crippen molar-refractivity contribution in [3.63, 3.8) is 0 Å². The first kappa shape index (κ1) is 16.9. The molecule has 25 heavy (non-hydrogen) atoms. The van der Waals surface area contributed by atoms with Crippen molar-refractivity contribution in [2.24, 2.45) is 0 Å². The second-order valence-corrected chi connectivity index (χ2v) is 6.41. The molecule has 3 rings (SSSR count). The second kappa shape index (κ2) is 7.32. The first-order valence-electron chi connectivity index (χ1n) is 7.67. The lowest BCUT2D eigenvalue weighted by Gasteiger charge is -2.15. The van der Waals surface area contributed by atoms with Crippen molar-refractivity contribution >= 4 is 35.0 Å². The van der Waals surface area contributed by atoms with Crippen LogP contribution in [0.25, 0.3) is 0 Å². The van der Waals surface area contributed by atoms with Gasteiger partial charge in [0.2, 0.25) is 5.91 Å². The number of benzene rings is 1. The Hall–Kier alpha value is -2.92. The maximum Gasteiger partial charge on any atom is 0.227 e. The number of amides is 1. The Morgan fingerprint density at radius 1 is 1.36 bits per heavy atom. The first-order valence-corrected chi connectivity index (χ1v) is 8.66. The van der Waals surface area contributed by atoms with Crippen molar-refractivity contribution < 1.29 is 9.59 Å². The maximum atomic E-state index is 12.3. The molecule has 0 unspecified atom stereocenters. The minimum atomic E-state index is -0.0733. The van der Waals surface area contributed by atoms with Crippen molar-refractivity contribution in [3.8, 4) is 6.07 Å². The number of carbonyl (C=O) groups is 2. The third-order valence-electron chi connectivity index (χ3n) is 3.82. The number of aromatic nitrogens is 2. The largest absolute Gasteiger partial charge is 0.382 e. The average Bonchev–Trinajstić information content (AvgIpc) is 3.06. The number of Topliss-reactive ketones (excluding diaryl/α,β-unsaturated/α-hetero) is 1. The maximum absolute atomic E-state index is 12.3. The lowest BCUT2D eigenvalue weighted by Crippen LogP contribution is -2.23. The monoisotopic (exact) mass is 353 g/mol. The average molecular weight is 353 g/mol. The van der Waals surface area contributed by atoms with Gasteiger partial charge in [-0.25, -0.2) is 9.97 Å². The molecule has 8 heteroatoms. The molecule has 126 valence electrons. The molecule has 1 saturated heterocycles. The molecule has 2 aromatic rings. The molecule has 2 heterocycles. The van der Waals surface area contributed by atoms with Crippen LogP contribution in [0.1, 0.15) is 28.8 Å². The molecular weight excluding hydrogens is 338 g/mol. The highest BCUT2D eigenvalue weighted by atomic mass is 32.2. The Morgan fingerprint density at radius 2 is 2.12 bits per heavy atom. The molecule has 2 N–H and O–H groups in total. The van der Waals surface area contributed by atoms with Crippen LogP contribution >= 0.6 is 11.8 Å². The Balaban J connectivity index is 1.62. The number of ketones is 1. The zero-order chi connectivity index (χ0) is 17.8. The summed E-state index contributed by atoms with van der Waals surface area (Å²) >= 11 is 1.16. The molecule has 0 saturated carbocycles. The summed E-state index contributed by atoms with van der Waals surface area (Å²) in [7, 11) is 0. The van der Waals surface area contributed by atoms with E-state index in [2.05, 4.69) is 9.97 Å². The number of hydrogen-bond acceptors (Lipinski definition) is 7. The number of hydrogen-bond donors (Lipinski definition) is 1. The lowest BCUT2D eigenvalue weighted by atomic mass is 10.1. The van der Waals surface area contributed by atoms with Gasteiger partial charge in [0, 0.05) is 24.2 Å². The van der Waals surface area contributed by atoms with Gasteiger partial charge in [-0.15, -0.1) is 0 Å². The van der Waals surface area contributed by atoms with Gasteiger partial charge in [0.15, 0.2) is 10.9 Å². The van der Waals surface area contributed by atoms with Gasteiger partial charge in [-0.3, -0.25) is 9.59 Å². The molecule has 7 nitrogen and oxygen atoms in total. The normalized spacial score (nSPS) is 13.7. The van der Waals surface area contributed by atoms with Gasteiger partial charge in [0.1, 0.15) is 17.5 Å². The van der Waals surface area contributed by atoms with Crippen LogP contribution in [0.5, 0.6) is 0 Å². The second-order valence-electron chi connectivity index (χ2n) is 5.47. The van der Waals surface area contributed by atoms with Crippen LogP contribution in [0.15, 0.2) is 35.6 Å². The number of carbonyl (C=O) groups excluding carboxylic acids is 2. The van der Waals surface area contributed by atoms with Gasteiger partial charge in [0.25, 0.3) is 0 Å². The number of nitrogens with two attached hydrogens (primary N) is 1. The summed E-state index contributed by atoms with van der Waals surface area (Å²) in [6.45, 7) is 0.722. The molecule has 1 aliphatic heterocycles. The van der Waals surface area contributed by atoms with Gasteiger partial charge < -0.3 is 10.6 Å². The van der Waals surface area contributed by atoms with E-state index in [9.17, 15) is 9.59 Å². The van der Waals surface area contributed by atoms with Crippen LogP contribution < -0.4 is 10.6 Å². The van der Waals surface area contributed by atoms with E-state index in [4.69, 9.17) is 11.0 Å². The van der Waals surface area contributed by atoms with Gasteiger partial charge >= 0.3 is 0 Å². The highest BCUT2D eigenvalue weighted by Crippen LogP contribution is 2.23. The summed E-state index contributed by atoms with van der Waals surface area (Å²) in [6.07, 6.45) is 2.78. The van der Waals surface area contributed by atoms with Gasteiger partial charge in [-0.2, -0.15) is 5.26 Å².